The summed E-state index contributed by atoms with van der Waals surface area (Å²) in [6, 6.07) is 7.51. The lowest BCUT2D eigenvalue weighted by molar-refractivity contribution is 0.0927. The van der Waals surface area contributed by atoms with E-state index in [4.69, 9.17) is 23.2 Å². The number of carbonyl (C=O) groups excluding carboxylic acids is 1. The Kier molecular flexibility index (Phi) is 5.19. The SMILES string of the molecule is O=C(NC1CCCCC1)c1cncc(-c2ccc(Cl)c(Cl)c2)c1. The smallest absolute Gasteiger partial charge is 0.253 e. The fourth-order valence-corrected chi connectivity index (χ4v) is 3.21. The van der Waals surface area contributed by atoms with Crippen molar-refractivity contribution < 1.29 is 4.79 Å². The van der Waals surface area contributed by atoms with Gasteiger partial charge < -0.3 is 5.32 Å². The van der Waals surface area contributed by atoms with E-state index in [1.165, 1.54) is 19.3 Å². The molecule has 1 aromatic heterocycles. The van der Waals surface area contributed by atoms with E-state index in [-0.39, 0.29) is 11.9 Å². The van der Waals surface area contributed by atoms with Gasteiger partial charge in [0.15, 0.2) is 0 Å². The number of carbonyl (C=O) groups is 1. The second-order valence-corrected chi connectivity index (χ2v) is 6.71. The Labute approximate surface area is 146 Å². The Morgan fingerprint density at radius 3 is 2.52 bits per heavy atom. The average molecular weight is 349 g/mol. The first-order valence-electron chi connectivity index (χ1n) is 7.85. The zero-order valence-electron chi connectivity index (χ0n) is 12.7. The van der Waals surface area contributed by atoms with Crippen molar-refractivity contribution in [2.24, 2.45) is 0 Å². The van der Waals surface area contributed by atoms with Gasteiger partial charge in [-0.3, -0.25) is 9.78 Å². The summed E-state index contributed by atoms with van der Waals surface area (Å²) in [5.41, 5.74) is 2.30. The first-order chi connectivity index (χ1) is 11.1. The number of halogens is 2. The van der Waals surface area contributed by atoms with E-state index < -0.39 is 0 Å². The highest BCUT2D eigenvalue weighted by atomic mass is 35.5. The van der Waals surface area contributed by atoms with E-state index in [0.29, 0.717) is 15.6 Å². The minimum absolute atomic E-state index is 0.0636. The molecule has 0 unspecified atom stereocenters. The molecule has 1 aliphatic rings. The van der Waals surface area contributed by atoms with Crippen LogP contribution in [0.4, 0.5) is 0 Å². The topological polar surface area (TPSA) is 42.0 Å². The lowest BCUT2D eigenvalue weighted by atomic mass is 9.95. The van der Waals surface area contributed by atoms with Gasteiger partial charge in [-0.15, -0.1) is 0 Å². The number of pyridine rings is 1. The molecule has 0 saturated heterocycles. The number of hydrogen-bond acceptors (Lipinski definition) is 2. The van der Waals surface area contributed by atoms with E-state index >= 15 is 0 Å². The lowest BCUT2D eigenvalue weighted by Gasteiger charge is -2.22. The molecule has 1 aliphatic carbocycles. The van der Waals surface area contributed by atoms with Crippen molar-refractivity contribution in [1.29, 1.82) is 0 Å². The predicted molar refractivity (Wildman–Crippen MR) is 94.0 cm³/mol. The number of nitrogens with one attached hydrogen (secondary N) is 1. The Morgan fingerprint density at radius 1 is 1.00 bits per heavy atom. The molecule has 0 spiro atoms. The summed E-state index contributed by atoms with van der Waals surface area (Å²) in [7, 11) is 0. The molecule has 0 atom stereocenters. The summed E-state index contributed by atoms with van der Waals surface area (Å²) in [6.45, 7) is 0. The van der Waals surface area contributed by atoms with Crippen molar-refractivity contribution in [2.45, 2.75) is 38.1 Å². The summed E-state index contributed by atoms with van der Waals surface area (Å²) in [4.78, 5) is 16.6. The third-order valence-corrected chi connectivity index (χ3v) is 4.93. The van der Waals surface area contributed by atoms with Gasteiger partial charge in [-0.1, -0.05) is 48.5 Å². The van der Waals surface area contributed by atoms with E-state index in [9.17, 15) is 4.79 Å². The molecule has 0 aliphatic heterocycles. The highest BCUT2D eigenvalue weighted by Gasteiger charge is 2.17. The van der Waals surface area contributed by atoms with E-state index in [2.05, 4.69) is 10.3 Å². The zero-order chi connectivity index (χ0) is 16.2. The number of nitrogens with zero attached hydrogens (tertiary/aromatic N) is 1. The summed E-state index contributed by atoms with van der Waals surface area (Å²) in [5, 5.41) is 4.10. The molecule has 1 aromatic carbocycles. The molecule has 120 valence electrons. The lowest BCUT2D eigenvalue weighted by Crippen LogP contribution is -2.36. The van der Waals surface area contributed by atoms with Gasteiger partial charge in [0.2, 0.25) is 0 Å². The van der Waals surface area contributed by atoms with Crippen LogP contribution >= 0.6 is 23.2 Å². The van der Waals surface area contributed by atoms with Crippen LogP contribution < -0.4 is 5.32 Å². The van der Waals surface area contributed by atoms with Crippen LogP contribution in [-0.2, 0) is 0 Å². The first kappa shape index (κ1) is 16.3. The molecule has 1 N–H and O–H groups in total. The maximum Gasteiger partial charge on any atom is 0.253 e. The summed E-state index contributed by atoms with van der Waals surface area (Å²) >= 11 is 12.0. The molecular weight excluding hydrogens is 331 g/mol. The third kappa shape index (κ3) is 4.04. The van der Waals surface area contributed by atoms with Crippen molar-refractivity contribution in [3.8, 4) is 11.1 Å². The second-order valence-electron chi connectivity index (χ2n) is 5.90. The molecule has 1 heterocycles. The summed E-state index contributed by atoms with van der Waals surface area (Å²) in [6.07, 6.45) is 9.08. The molecule has 3 nitrogen and oxygen atoms in total. The molecule has 3 rings (SSSR count). The molecule has 0 radical (unpaired) electrons. The molecule has 1 fully saturated rings. The van der Waals surface area contributed by atoms with Gasteiger partial charge >= 0.3 is 0 Å². The van der Waals surface area contributed by atoms with Crippen LogP contribution in [0.1, 0.15) is 42.5 Å². The largest absolute Gasteiger partial charge is 0.349 e. The minimum Gasteiger partial charge on any atom is -0.349 e. The van der Waals surface area contributed by atoms with Crippen LogP contribution in [-0.4, -0.2) is 16.9 Å². The van der Waals surface area contributed by atoms with E-state index in [1.807, 2.05) is 12.1 Å². The molecule has 23 heavy (non-hydrogen) atoms. The van der Waals surface area contributed by atoms with Crippen LogP contribution in [0.3, 0.4) is 0 Å². The van der Waals surface area contributed by atoms with Gasteiger partial charge in [0.05, 0.1) is 15.6 Å². The molecule has 1 amide bonds. The third-order valence-electron chi connectivity index (χ3n) is 4.19. The van der Waals surface area contributed by atoms with Crippen molar-refractivity contribution in [3.63, 3.8) is 0 Å². The van der Waals surface area contributed by atoms with Crippen molar-refractivity contribution in [2.75, 3.05) is 0 Å². The van der Waals surface area contributed by atoms with E-state index in [1.54, 1.807) is 24.5 Å². The zero-order valence-corrected chi connectivity index (χ0v) is 14.2. The Balaban J connectivity index is 1.78. The standard InChI is InChI=1S/C18H18Cl2N2O/c19-16-7-6-12(9-17(16)20)13-8-14(11-21-10-13)18(23)22-15-4-2-1-3-5-15/h6-11,15H,1-5H2,(H,22,23). The fourth-order valence-electron chi connectivity index (χ4n) is 2.91. The normalized spacial score (nSPS) is 15.4. The number of aromatic nitrogens is 1. The number of hydrogen-bond donors (Lipinski definition) is 1. The van der Waals surface area contributed by atoms with Crippen molar-refractivity contribution >= 4 is 29.1 Å². The summed E-state index contributed by atoms with van der Waals surface area (Å²) in [5.74, 6) is -0.0636. The van der Waals surface area contributed by atoms with Gasteiger partial charge in [-0.25, -0.2) is 0 Å². The highest BCUT2D eigenvalue weighted by molar-refractivity contribution is 6.42. The van der Waals surface area contributed by atoms with Crippen LogP contribution in [0.15, 0.2) is 36.7 Å². The first-order valence-corrected chi connectivity index (χ1v) is 8.60. The minimum atomic E-state index is -0.0636. The molecule has 2 aromatic rings. The molecule has 1 saturated carbocycles. The van der Waals surface area contributed by atoms with Gasteiger partial charge in [-0.2, -0.15) is 0 Å². The van der Waals surface area contributed by atoms with Crippen LogP contribution in [0.2, 0.25) is 10.0 Å². The van der Waals surface area contributed by atoms with Gasteiger partial charge in [0, 0.05) is 24.0 Å². The number of amides is 1. The van der Waals surface area contributed by atoms with Crippen LogP contribution in [0.25, 0.3) is 11.1 Å². The van der Waals surface area contributed by atoms with Crippen molar-refractivity contribution in [1.82, 2.24) is 10.3 Å². The van der Waals surface area contributed by atoms with Crippen LogP contribution in [0.5, 0.6) is 0 Å². The van der Waals surface area contributed by atoms with Gasteiger partial charge in [0.1, 0.15) is 0 Å². The van der Waals surface area contributed by atoms with Crippen molar-refractivity contribution in [3.05, 3.63) is 52.3 Å². The fraction of sp³-hybridized carbons (Fsp3) is 0.333. The van der Waals surface area contributed by atoms with Gasteiger partial charge in [-0.05, 0) is 36.6 Å². The highest BCUT2D eigenvalue weighted by Crippen LogP contribution is 2.28. The average Bonchev–Trinajstić information content (AvgIpc) is 2.58. The maximum atomic E-state index is 12.4. The number of benzene rings is 1. The predicted octanol–water partition coefficient (Wildman–Crippen LogP) is 5.12. The number of rotatable bonds is 3. The molecule has 0 bridgehead atoms. The summed E-state index contributed by atoms with van der Waals surface area (Å²) < 4.78 is 0. The maximum absolute atomic E-state index is 12.4. The molecular formula is C18H18Cl2N2O. The monoisotopic (exact) mass is 348 g/mol. The Hall–Kier alpha value is -1.58. The quantitative estimate of drug-likeness (QED) is 0.836. The molecule has 5 heteroatoms. The van der Waals surface area contributed by atoms with E-state index in [0.717, 1.165) is 24.0 Å². The Bertz CT molecular complexity index is 712. The Morgan fingerprint density at radius 2 is 1.78 bits per heavy atom. The van der Waals surface area contributed by atoms with Crippen LogP contribution in [0, 0.1) is 0 Å². The van der Waals surface area contributed by atoms with Gasteiger partial charge in [0.25, 0.3) is 5.91 Å². The second kappa shape index (κ2) is 7.33.